The van der Waals surface area contributed by atoms with E-state index in [1.807, 2.05) is 4.93 Å². The zero-order chi connectivity index (χ0) is 22.0. The first kappa shape index (κ1) is 35.8. The highest BCUT2D eigenvalue weighted by Crippen LogP contribution is 2.23. The summed E-state index contributed by atoms with van der Waals surface area (Å²) in [6.07, 6.45) is 0. The third-order valence-electron chi connectivity index (χ3n) is 3.12. The first-order valence-corrected chi connectivity index (χ1v) is 12.2. The van der Waals surface area contributed by atoms with E-state index in [4.69, 9.17) is 0 Å². The lowest BCUT2D eigenvalue weighted by Gasteiger charge is -2.39. The summed E-state index contributed by atoms with van der Waals surface area (Å²) in [5, 5.41) is 3.47. The molecule has 0 fully saturated rings. The lowest BCUT2D eigenvalue weighted by Crippen LogP contribution is -3.00. The van der Waals surface area contributed by atoms with Crippen molar-refractivity contribution in [3.8, 4) is 0 Å². The number of hydrogen-bond acceptors (Lipinski definition) is 1. The highest BCUT2D eigenvalue weighted by atomic mass is 127. The summed E-state index contributed by atoms with van der Waals surface area (Å²) in [4.78, 5) is 1.97. The van der Waals surface area contributed by atoms with E-state index in [2.05, 4.69) is 125 Å². The number of quaternary nitrogens is 1. The maximum absolute atomic E-state index is 3.47. The van der Waals surface area contributed by atoms with Gasteiger partial charge in [-0.15, -0.1) is 0 Å². The standard InChI is InChI=1S/C12H28N.C10H23N.CH3I.HI/c1-11(2,3)9-13(7,8)10-12(4,5)6;1-9(2,3)7-11-8-10(4,5)6;1-2;/h9-10H2,1-8H3;11H,7-8H2,1-6H3;1H3;1H/q+1;;;/p-1. The molecule has 0 atom stereocenters. The van der Waals surface area contributed by atoms with E-state index in [1.165, 1.54) is 13.1 Å². The fraction of sp³-hybridized carbons (Fsp3) is 1.00. The van der Waals surface area contributed by atoms with E-state index in [9.17, 15) is 0 Å². The van der Waals surface area contributed by atoms with Gasteiger partial charge in [0.2, 0.25) is 0 Å². The average molecular weight is 613 g/mol. The lowest BCUT2D eigenvalue weighted by molar-refractivity contribution is -0.902. The molecule has 0 heterocycles. The highest BCUT2D eigenvalue weighted by molar-refractivity contribution is 14.1. The number of alkyl halides is 1. The first-order valence-electron chi connectivity index (χ1n) is 10.0. The van der Waals surface area contributed by atoms with Gasteiger partial charge in [-0.05, 0) is 15.8 Å². The van der Waals surface area contributed by atoms with E-state index in [1.54, 1.807) is 0 Å². The van der Waals surface area contributed by atoms with Crippen LogP contribution in [-0.2, 0) is 0 Å². The Morgan fingerprint density at radius 3 is 0.926 bits per heavy atom. The number of hydrogen-bond donors (Lipinski definition) is 1. The molecule has 0 aliphatic heterocycles. The molecular formula is C23H54I2N2. The average Bonchev–Trinajstić information content (AvgIpc) is 2.21. The molecule has 1 N–H and O–H groups in total. The molecule has 0 aromatic carbocycles. The van der Waals surface area contributed by atoms with Gasteiger partial charge in [-0.25, -0.2) is 0 Å². The predicted molar refractivity (Wildman–Crippen MR) is 132 cm³/mol. The number of nitrogens with one attached hydrogen (secondary N) is 1. The van der Waals surface area contributed by atoms with Crippen LogP contribution in [0.3, 0.4) is 0 Å². The van der Waals surface area contributed by atoms with Gasteiger partial charge in [0.25, 0.3) is 0 Å². The number of rotatable bonds is 4. The third kappa shape index (κ3) is 38.6. The van der Waals surface area contributed by atoms with Gasteiger partial charge in [-0.3, -0.25) is 0 Å². The molecule has 0 unspecified atom stereocenters. The predicted octanol–water partition coefficient (Wildman–Crippen LogP) is 3.88. The largest absolute Gasteiger partial charge is 1.00 e. The van der Waals surface area contributed by atoms with Crippen molar-refractivity contribution >= 4 is 22.6 Å². The molecule has 0 amide bonds. The normalized spacial score (nSPS) is 12.9. The van der Waals surface area contributed by atoms with Gasteiger partial charge in [-0.2, -0.15) is 0 Å². The van der Waals surface area contributed by atoms with Crippen molar-refractivity contribution in [2.24, 2.45) is 21.7 Å². The summed E-state index contributed by atoms with van der Waals surface area (Å²) in [6.45, 7) is 32.1. The minimum absolute atomic E-state index is 0. The van der Waals surface area contributed by atoms with Gasteiger partial charge in [0, 0.05) is 23.9 Å². The molecule has 0 saturated carbocycles. The minimum atomic E-state index is 0. The Labute approximate surface area is 205 Å². The molecular weight excluding hydrogens is 558 g/mol. The van der Waals surface area contributed by atoms with Crippen molar-refractivity contribution < 1.29 is 28.5 Å². The maximum Gasteiger partial charge on any atom is 0.0831 e. The Balaban J connectivity index is -0.000000175. The van der Waals surface area contributed by atoms with Crippen LogP contribution in [0, 0.1) is 21.7 Å². The molecule has 0 rings (SSSR count). The van der Waals surface area contributed by atoms with Crippen LogP contribution in [0.5, 0.6) is 0 Å². The van der Waals surface area contributed by atoms with Crippen molar-refractivity contribution in [1.29, 1.82) is 0 Å². The van der Waals surface area contributed by atoms with Crippen molar-refractivity contribution in [2.75, 3.05) is 45.2 Å². The Hall–Kier alpha value is 1.38. The van der Waals surface area contributed by atoms with Crippen LogP contribution in [-0.4, -0.2) is 49.7 Å². The maximum atomic E-state index is 3.47. The summed E-state index contributed by atoms with van der Waals surface area (Å²) in [5.41, 5.74) is 1.67. The van der Waals surface area contributed by atoms with E-state index in [-0.39, 0.29) is 24.0 Å². The Bertz CT molecular complexity index is 305. The van der Waals surface area contributed by atoms with Crippen LogP contribution in [0.2, 0.25) is 0 Å². The Kier molecular flexibility index (Phi) is 19.1. The van der Waals surface area contributed by atoms with Crippen LogP contribution < -0.4 is 29.3 Å². The third-order valence-corrected chi connectivity index (χ3v) is 3.12. The molecule has 0 bridgehead atoms. The number of nitrogens with zero attached hydrogens (tertiary/aromatic N) is 1. The topological polar surface area (TPSA) is 12.0 Å². The number of halogens is 2. The summed E-state index contributed by atoms with van der Waals surface area (Å²) < 4.78 is 1.12. The van der Waals surface area contributed by atoms with Crippen molar-refractivity contribution in [1.82, 2.24) is 5.32 Å². The van der Waals surface area contributed by atoms with Crippen molar-refractivity contribution in [2.45, 2.75) is 83.1 Å². The summed E-state index contributed by atoms with van der Waals surface area (Å²) >= 11 is 2.15. The molecule has 4 heteroatoms. The molecule has 0 saturated heterocycles. The molecule has 0 aromatic heterocycles. The monoisotopic (exact) mass is 612 g/mol. The molecule has 2 nitrogen and oxygen atoms in total. The van der Waals surface area contributed by atoms with Gasteiger partial charge in [0.05, 0.1) is 27.2 Å². The molecule has 27 heavy (non-hydrogen) atoms. The fourth-order valence-electron chi connectivity index (χ4n) is 3.44. The fourth-order valence-corrected chi connectivity index (χ4v) is 3.44. The minimum Gasteiger partial charge on any atom is -1.00 e. The second kappa shape index (κ2) is 14.4. The highest BCUT2D eigenvalue weighted by Gasteiger charge is 2.29. The van der Waals surface area contributed by atoms with E-state index in [0.29, 0.717) is 21.7 Å². The molecule has 0 aromatic rings. The summed E-state index contributed by atoms with van der Waals surface area (Å²) in [7, 11) is 4.66. The molecule has 0 spiro atoms. The molecule has 0 radical (unpaired) electrons. The summed E-state index contributed by atoms with van der Waals surface area (Å²) in [6, 6.07) is 0. The van der Waals surface area contributed by atoms with Crippen LogP contribution in [0.4, 0.5) is 0 Å². The SMILES string of the molecule is CC(C)(C)CNCC(C)(C)C.CC(C)(C)C[N+](C)(C)CC(C)(C)C.CI.[I-]. The van der Waals surface area contributed by atoms with Crippen LogP contribution in [0.15, 0.2) is 0 Å². The van der Waals surface area contributed by atoms with Crippen LogP contribution in [0.25, 0.3) is 0 Å². The second-order valence-electron chi connectivity index (χ2n) is 13.1. The van der Waals surface area contributed by atoms with Crippen molar-refractivity contribution in [3.05, 3.63) is 0 Å². The van der Waals surface area contributed by atoms with Crippen LogP contribution >= 0.6 is 22.6 Å². The zero-order valence-corrected chi connectivity index (χ0v) is 25.8. The van der Waals surface area contributed by atoms with Gasteiger partial charge in [0.1, 0.15) is 0 Å². The smallest absolute Gasteiger partial charge is 0.0831 e. The zero-order valence-electron chi connectivity index (χ0n) is 21.5. The molecule has 0 aliphatic rings. The quantitative estimate of drug-likeness (QED) is 0.289. The second-order valence-corrected chi connectivity index (χ2v) is 13.1. The van der Waals surface area contributed by atoms with E-state index in [0.717, 1.165) is 17.6 Å². The molecule has 0 aliphatic carbocycles. The van der Waals surface area contributed by atoms with E-state index >= 15 is 0 Å². The molecule has 170 valence electrons. The van der Waals surface area contributed by atoms with Gasteiger partial charge in [-0.1, -0.05) is 106 Å². The Morgan fingerprint density at radius 2 is 0.778 bits per heavy atom. The van der Waals surface area contributed by atoms with Gasteiger partial charge >= 0.3 is 0 Å². The lowest BCUT2D eigenvalue weighted by atomic mass is 9.91. The van der Waals surface area contributed by atoms with Crippen LogP contribution in [0.1, 0.15) is 83.1 Å². The first-order chi connectivity index (χ1) is 11.1. The van der Waals surface area contributed by atoms with E-state index < -0.39 is 0 Å². The van der Waals surface area contributed by atoms with Crippen molar-refractivity contribution in [3.63, 3.8) is 0 Å². The summed E-state index contributed by atoms with van der Waals surface area (Å²) in [5.74, 6) is 0. The van der Waals surface area contributed by atoms with Gasteiger partial charge in [0.15, 0.2) is 0 Å². The Morgan fingerprint density at radius 1 is 0.556 bits per heavy atom. The van der Waals surface area contributed by atoms with Gasteiger partial charge < -0.3 is 33.8 Å².